The summed E-state index contributed by atoms with van der Waals surface area (Å²) < 4.78 is 0. The predicted molar refractivity (Wildman–Crippen MR) is 66.6 cm³/mol. The number of hydroxylamine groups is 2. The number of allylic oxidation sites excluding steroid dienone is 2. The second-order valence-corrected chi connectivity index (χ2v) is 4.06. The molecular weight excluding hydrogens is 230 g/mol. The molecule has 0 bridgehead atoms. The number of rotatable bonds is 0. The van der Waals surface area contributed by atoms with Crippen molar-refractivity contribution in [3.05, 3.63) is 59.0 Å². The fourth-order valence-electron chi connectivity index (χ4n) is 2.19. The van der Waals surface area contributed by atoms with E-state index in [-0.39, 0.29) is 0 Å². The summed E-state index contributed by atoms with van der Waals surface area (Å²) in [7, 11) is 0. The molecule has 1 aliphatic heterocycles. The van der Waals surface area contributed by atoms with E-state index in [1.165, 1.54) is 6.26 Å². The molecule has 0 fully saturated rings. The van der Waals surface area contributed by atoms with Gasteiger partial charge >= 0.3 is 6.09 Å². The summed E-state index contributed by atoms with van der Waals surface area (Å²) in [5, 5.41) is 12.0. The molecule has 1 N–H and O–H groups in total. The van der Waals surface area contributed by atoms with Crippen LogP contribution in [0.5, 0.6) is 0 Å². The molecule has 18 heavy (non-hydrogen) atoms. The van der Waals surface area contributed by atoms with E-state index >= 15 is 0 Å². The lowest BCUT2D eigenvalue weighted by molar-refractivity contribution is -0.0601. The van der Waals surface area contributed by atoms with Crippen molar-refractivity contribution in [3.63, 3.8) is 0 Å². The number of nitrogens with zero attached hydrogens (tertiary/aromatic N) is 1. The molecule has 3 rings (SSSR count). The lowest BCUT2D eigenvalue weighted by Gasteiger charge is -2.25. The molecule has 1 atom stereocenters. The zero-order chi connectivity index (χ0) is 12.5. The average molecular weight is 241 g/mol. The fraction of sp³-hybridized carbons (Fsp3) is 0.0714. The molecular formula is C14H11NO3. The largest absolute Gasteiger partial charge is 0.463 e. The zero-order valence-corrected chi connectivity index (χ0v) is 9.48. The van der Waals surface area contributed by atoms with Gasteiger partial charge in [0.2, 0.25) is 0 Å². The van der Waals surface area contributed by atoms with Crippen LogP contribution in [0.2, 0.25) is 0 Å². The highest BCUT2D eigenvalue weighted by Crippen LogP contribution is 2.19. The quantitative estimate of drug-likeness (QED) is 0.737. The first-order valence-corrected chi connectivity index (χ1v) is 5.60. The van der Waals surface area contributed by atoms with Crippen LogP contribution in [0.3, 0.4) is 0 Å². The molecule has 1 aromatic carbocycles. The van der Waals surface area contributed by atoms with Crippen molar-refractivity contribution < 1.29 is 14.7 Å². The minimum absolute atomic E-state index is 0.410. The highest BCUT2D eigenvalue weighted by Gasteiger charge is 2.28. The topological polar surface area (TPSA) is 49.8 Å². The number of benzene rings is 1. The van der Waals surface area contributed by atoms with Crippen molar-refractivity contribution in [1.29, 1.82) is 0 Å². The second-order valence-electron chi connectivity index (χ2n) is 4.06. The van der Waals surface area contributed by atoms with Crippen molar-refractivity contribution in [2.45, 2.75) is 6.04 Å². The third-order valence-corrected chi connectivity index (χ3v) is 3.01. The van der Waals surface area contributed by atoms with Gasteiger partial charge in [-0.05, 0) is 10.8 Å². The van der Waals surface area contributed by atoms with Crippen LogP contribution in [0.1, 0.15) is 0 Å². The van der Waals surface area contributed by atoms with Crippen molar-refractivity contribution >= 4 is 17.9 Å². The van der Waals surface area contributed by atoms with Crippen molar-refractivity contribution in [2.75, 3.05) is 0 Å². The lowest BCUT2D eigenvalue weighted by Crippen LogP contribution is -2.39. The number of fused-ring (bicyclic) bond motifs is 2. The van der Waals surface area contributed by atoms with E-state index in [1.54, 1.807) is 6.08 Å². The van der Waals surface area contributed by atoms with E-state index in [0.717, 1.165) is 21.1 Å². The first-order valence-electron chi connectivity index (χ1n) is 5.60. The summed E-state index contributed by atoms with van der Waals surface area (Å²) in [6.45, 7) is 0. The van der Waals surface area contributed by atoms with E-state index < -0.39 is 12.1 Å². The van der Waals surface area contributed by atoms with Gasteiger partial charge in [-0.15, -0.1) is 5.06 Å². The van der Waals surface area contributed by atoms with E-state index in [0.29, 0.717) is 0 Å². The van der Waals surface area contributed by atoms with Crippen LogP contribution in [0, 0.1) is 0 Å². The Balaban J connectivity index is 2.31. The molecule has 1 heterocycles. The highest BCUT2D eigenvalue weighted by atomic mass is 16.7. The molecule has 0 saturated heterocycles. The Morgan fingerprint density at radius 1 is 1.28 bits per heavy atom. The van der Waals surface area contributed by atoms with Crippen LogP contribution < -0.4 is 10.4 Å². The van der Waals surface area contributed by atoms with Gasteiger partial charge in [0.15, 0.2) is 0 Å². The summed E-state index contributed by atoms with van der Waals surface area (Å²) in [5.74, 6) is 0. The standard InChI is InChI=1S/C14H11NO3/c16-14(17)15-13-8-4-3-7-12(13)11-6-2-1-5-10(11)9-18-15/h1-9,13H,(H,16,17). The molecule has 90 valence electrons. The number of amides is 1. The first-order chi connectivity index (χ1) is 8.77. The third kappa shape index (κ3) is 1.59. The van der Waals surface area contributed by atoms with Crippen LogP contribution >= 0.6 is 0 Å². The van der Waals surface area contributed by atoms with Gasteiger partial charge in [0.05, 0.1) is 0 Å². The van der Waals surface area contributed by atoms with Crippen LogP contribution in [-0.2, 0) is 4.84 Å². The number of carbonyl (C=O) groups is 1. The fourth-order valence-corrected chi connectivity index (χ4v) is 2.19. The Kier molecular flexibility index (Phi) is 2.41. The summed E-state index contributed by atoms with van der Waals surface area (Å²) >= 11 is 0. The van der Waals surface area contributed by atoms with Gasteiger partial charge in [-0.25, -0.2) is 4.79 Å². The van der Waals surface area contributed by atoms with E-state index in [2.05, 4.69) is 0 Å². The molecule has 0 spiro atoms. The Labute approximate surface area is 103 Å². The predicted octanol–water partition coefficient (Wildman–Crippen LogP) is 0.995. The number of hydrogen-bond donors (Lipinski definition) is 1. The maximum atomic E-state index is 11.2. The highest BCUT2D eigenvalue weighted by molar-refractivity contribution is 5.74. The van der Waals surface area contributed by atoms with Crippen LogP contribution in [-0.4, -0.2) is 22.3 Å². The molecule has 0 aromatic heterocycles. The summed E-state index contributed by atoms with van der Waals surface area (Å²) in [6.07, 6.45) is 7.80. The van der Waals surface area contributed by atoms with Gasteiger partial charge < -0.3 is 9.94 Å². The molecule has 0 radical (unpaired) electrons. The summed E-state index contributed by atoms with van der Waals surface area (Å²) in [5.41, 5.74) is 0.921. The SMILES string of the molecule is O=C(O)N1OC=c2ccccc2=C2C=CC=CC21. The number of hydrogen-bond acceptors (Lipinski definition) is 2. The van der Waals surface area contributed by atoms with Crippen molar-refractivity contribution in [3.8, 4) is 0 Å². The van der Waals surface area contributed by atoms with Crippen molar-refractivity contribution in [2.24, 2.45) is 0 Å². The summed E-state index contributed by atoms with van der Waals surface area (Å²) in [4.78, 5) is 16.5. The smallest absolute Gasteiger partial charge is 0.441 e. The number of carboxylic acid groups (broad SMARTS) is 1. The van der Waals surface area contributed by atoms with Crippen LogP contribution in [0.25, 0.3) is 11.8 Å². The maximum Gasteiger partial charge on any atom is 0.441 e. The van der Waals surface area contributed by atoms with Gasteiger partial charge in [0, 0.05) is 5.22 Å². The van der Waals surface area contributed by atoms with Crippen molar-refractivity contribution in [1.82, 2.24) is 5.06 Å². The lowest BCUT2D eigenvalue weighted by atomic mass is 9.98. The minimum atomic E-state index is -1.11. The summed E-state index contributed by atoms with van der Waals surface area (Å²) in [6, 6.07) is 7.28. The first kappa shape index (κ1) is 10.7. The zero-order valence-electron chi connectivity index (χ0n) is 9.48. The van der Waals surface area contributed by atoms with E-state index in [4.69, 9.17) is 4.84 Å². The van der Waals surface area contributed by atoms with Gasteiger partial charge in [0.25, 0.3) is 0 Å². The molecule has 1 amide bonds. The molecule has 4 nitrogen and oxygen atoms in total. The van der Waals surface area contributed by atoms with E-state index in [9.17, 15) is 9.90 Å². The maximum absolute atomic E-state index is 11.2. The normalized spacial score (nSPS) is 20.3. The van der Waals surface area contributed by atoms with Gasteiger partial charge in [-0.2, -0.15) is 0 Å². The molecule has 1 aliphatic carbocycles. The Morgan fingerprint density at radius 2 is 2.11 bits per heavy atom. The second kappa shape index (κ2) is 4.07. The third-order valence-electron chi connectivity index (χ3n) is 3.01. The van der Waals surface area contributed by atoms with Crippen LogP contribution in [0.15, 0.2) is 48.6 Å². The average Bonchev–Trinajstić information content (AvgIpc) is 2.56. The Morgan fingerprint density at radius 3 is 2.94 bits per heavy atom. The van der Waals surface area contributed by atoms with Crippen LogP contribution in [0.4, 0.5) is 4.79 Å². The van der Waals surface area contributed by atoms with Gasteiger partial charge in [-0.3, -0.25) is 0 Å². The van der Waals surface area contributed by atoms with Gasteiger partial charge in [-0.1, -0.05) is 48.6 Å². The minimum Gasteiger partial charge on any atom is -0.463 e. The monoisotopic (exact) mass is 241 g/mol. The molecule has 1 aromatic rings. The molecule has 2 aliphatic rings. The molecule has 1 unspecified atom stereocenters. The molecule has 0 saturated carbocycles. The Bertz CT molecular complexity index is 673. The molecule has 4 heteroatoms. The van der Waals surface area contributed by atoms with Gasteiger partial charge in [0.1, 0.15) is 12.3 Å². The van der Waals surface area contributed by atoms with E-state index in [1.807, 2.05) is 42.5 Å². The Hall–Kier alpha value is -2.49.